The number of non-ortho nitro benzene ring substituents is 1. The molecule has 0 spiro atoms. The number of halogens is 4. The zero-order valence-electron chi connectivity index (χ0n) is 17.1. The van der Waals surface area contributed by atoms with Crippen LogP contribution in [0.3, 0.4) is 0 Å². The molecule has 0 saturated heterocycles. The van der Waals surface area contributed by atoms with E-state index in [2.05, 4.69) is 10.6 Å². The first-order valence-electron chi connectivity index (χ1n) is 9.48. The van der Waals surface area contributed by atoms with Crippen molar-refractivity contribution in [3.63, 3.8) is 0 Å². The lowest BCUT2D eigenvalue weighted by Gasteiger charge is -2.14. The number of benzene rings is 3. The molecule has 0 aliphatic carbocycles. The number of nitro groups is 1. The molecule has 0 aromatic heterocycles. The second kappa shape index (κ2) is 10.6. The number of carbonyl (C=O) groups excluding carboxylic acids is 2. The van der Waals surface area contributed by atoms with Gasteiger partial charge in [-0.2, -0.15) is 13.2 Å². The first-order valence-corrected chi connectivity index (χ1v) is 10.8. The summed E-state index contributed by atoms with van der Waals surface area (Å²) in [7, 11) is 0. The van der Waals surface area contributed by atoms with Crippen LogP contribution in [-0.2, 0) is 11.0 Å². The lowest BCUT2D eigenvalue weighted by Crippen LogP contribution is -2.18. The third-order valence-corrected chi connectivity index (χ3v) is 5.63. The maximum atomic E-state index is 13.1. The van der Waals surface area contributed by atoms with Crippen LogP contribution in [0.15, 0.2) is 71.6 Å². The minimum absolute atomic E-state index is 0.0968. The smallest absolute Gasteiger partial charge is 0.325 e. The Labute approximate surface area is 200 Å². The highest BCUT2D eigenvalue weighted by molar-refractivity contribution is 8.00. The van der Waals surface area contributed by atoms with Crippen molar-refractivity contribution in [2.75, 3.05) is 16.4 Å². The highest BCUT2D eigenvalue weighted by Gasteiger charge is 2.34. The molecular formula is C22H15ClF3N3O4S. The third-order valence-electron chi connectivity index (χ3n) is 4.38. The first kappa shape index (κ1) is 25.1. The number of hydrogen-bond acceptors (Lipinski definition) is 5. The average molecular weight is 510 g/mol. The normalized spacial score (nSPS) is 11.1. The van der Waals surface area contributed by atoms with E-state index in [4.69, 9.17) is 11.6 Å². The van der Waals surface area contributed by atoms with Gasteiger partial charge in [-0.1, -0.05) is 11.6 Å². The summed E-state index contributed by atoms with van der Waals surface area (Å²) in [6, 6.07) is 14.6. The molecule has 0 bridgehead atoms. The molecule has 7 nitrogen and oxygen atoms in total. The fourth-order valence-electron chi connectivity index (χ4n) is 2.77. The van der Waals surface area contributed by atoms with E-state index in [-0.39, 0.29) is 27.7 Å². The van der Waals surface area contributed by atoms with Crippen LogP contribution in [0.2, 0.25) is 5.02 Å². The highest BCUT2D eigenvalue weighted by Crippen LogP contribution is 2.36. The molecule has 3 aromatic carbocycles. The molecular weight excluding hydrogens is 495 g/mol. The molecule has 0 aliphatic heterocycles. The summed E-state index contributed by atoms with van der Waals surface area (Å²) >= 11 is 6.73. The van der Waals surface area contributed by atoms with Crippen LogP contribution in [-0.4, -0.2) is 22.5 Å². The number of nitro benzene ring substituents is 1. The first-order chi connectivity index (χ1) is 16.0. The summed E-state index contributed by atoms with van der Waals surface area (Å²) in [6.45, 7) is 0. The van der Waals surface area contributed by atoms with Crippen LogP contribution in [0.5, 0.6) is 0 Å². The molecule has 0 unspecified atom stereocenters. The second-order valence-corrected chi connectivity index (χ2v) is 8.29. The molecule has 0 radical (unpaired) electrons. The number of carbonyl (C=O) groups is 2. The molecule has 0 aliphatic rings. The molecule has 0 fully saturated rings. The van der Waals surface area contributed by atoms with E-state index >= 15 is 0 Å². The van der Waals surface area contributed by atoms with Gasteiger partial charge in [-0.15, -0.1) is 11.8 Å². The molecule has 2 amide bonds. The van der Waals surface area contributed by atoms with E-state index in [1.54, 1.807) is 24.3 Å². The van der Waals surface area contributed by atoms with Crippen molar-refractivity contribution >= 4 is 52.2 Å². The fourth-order valence-corrected chi connectivity index (χ4v) is 3.64. The van der Waals surface area contributed by atoms with Gasteiger partial charge in [0.1, 0.15) is 0 Å². The minimum atomic E-state index is -4.67. The predicted octanol–water partition coefficient (Wildman–Crippen LogP) is 6.25. The molecule has 176 valence electrons. The largest absolute Gasteiger partial charge is 0.418 e. The monoisotopic (exact) mass is 509 g/mol. The molecule has 3 rings (SSSR count). The van der Waals surface area contributed by atoms with Crippen LogP contribution < -0.4 is 10.6 Å². The van der Waals surface area contributed by atoms with Gasteiger partial charge in [0.25, 0.3) is 11.6 Å². The SMILES string of the molecule is O=C(CSc1ccc(NC(=O)c2ccc([N+](=O)[O-])cc2)cc1)Nc1ccc(Cl)cc1C(F)(F)F. The van der Waals surface area contributed by atoms with E-state index in [0.717, 1.165) is 23.9 Å². The molecule has 3 aromatic rings. The van der Waals surface area contributed by atoms with Crippen molar-refractivity contribution in [1.29, 1.82) is 0 Å². The molecule has 0 heterocycles. The Hall–Kier alpha value is -3.57. The summed E-state index contributed by atoms with van der Waals surface area (Å²) in [5.41, 5.74) is -0.861. The quantitative estimate of drug-likeness (QED) is 0.223. The molecule has 2 N–H and O–H groups in total. The van der Waals surface area contributed by atoms with Crippen molar-refractivity contribution in [1.82, 2.24) is 0 Å². The standard InChI is InChI=1S/C22H15ClF3N3O4S/c23-14-3-10-19(18(11-14)22(24,25)26)28-20(30)12-34-17-8-4-15(5-9-17)27-21(31)13-1-6-16(7-2-13)29(32)33/h1-11H,12H2,(H,27,31)(H,28,30). The van der Waals surface area contributed by atoms with Crippen LogP contribution in [0.25, 0.3) is 0 Å². The summed E-state index contributed by atoms with van der Waals surface area (Å²) in [4.78, 5) is 35.2. The van der Waals surface area contributed by atoms with E-state index in [0.29, 0.717) is 10.6 Å². The minimum Gasteiger partial charge on any atom is -0.325 e. The summed E-state index contributed by atoms with van der Waals surface area (Å²) < 4.78 is 39.4. The van der Waals surface area contributed by atoms with Gasteiger partial charge in [0, 0.05) is 33.3 Å². The number of nitrogens with one attached hydrogen (secondary N) is 2. The third kappa shape index (κ3) is 6.72. The van der Waals surface area contributed by atoms with Crippen molar-refractivity contribution < 1.29 is 27.7 Å². The Kier molecular flexibility index (Phi) is 7.79. The number of anilines is 2. The van der Waals surface area contributed by atoms with Crippen molar-refractivity contribution in [2.24, 2.45) is 0 Å². The van der Waals surface area contributed by atoms with Gasteiger partial charge in [0.2, 0.25) is 5.91 Å². The Balaban J connectivity index is 1.55. The lowest BCUT2D eigenvalue weighted by molar-refractivity contribution is -0.384. The fraction of sp³-hybridized carbons (Fsp3) is 0.0909. The van der Waals surface area contributed by atoms with Crippen molar-refractivity contribution in [2.45, 2.75) is 11.1 Å². The van der Waals surface area contributed by atoms with Crippen LogP contribution >= 0.6 is 23.4 Å². The zero-order chi connectivity index (χ0) is 24.9. The maximum absolute atomic E-state index is 13.1. The zero-order valence-corrected chi connectivity index (χ0v) is 18.6. The number of rotatable bonds is 7. The summed E-state index contributed by atoms with van der Waals surface area (Å²) in [6.07, 6.45) is -4.67. The Morgan fingerprint density at radius 1 is 0.971 bits per heavy atom. The van der Waals surface area contributed by atoms with Gasteiger partial charge in [0.05, 0.1) is 21.9 Å². The molecule has 34 heavy (non-hydrogen) atoms. The predicted molar refractivity (Wildman–Crippen MR) is 123 cm³/mol. The Bertz CT molecular complexity index is 1220. The van der Waals surface area contributed by atoms with Gasteiger partial charge in [-0.25, -0.2) is 0 Å². The van der Waals surface area contributed by atoms with E-state index < -0.39 is 28.5 Å². The summed E-state index contributed by atoms with van der Waals surface area (Å²) in [5.74, 6) is -1.24. The maximum Gasteiger partial charge on any atom is 0.418 e. The molecule has 0 atom stereocenters. The van der Waals surface area contributed by atoms with Crippen LogP contribution in [0, 0.1) is 10.1 Å². The highest BCUT2D eigenvalue weighted by atomic mass is 35.5. The number of hydrogen-bond donors (Lipinski definition) is 2. The van der Waals surface area contributed by atoms with Gasteiger partial charge < -0.3 is 10.6 Å². The summed E-state index contributed by atoms with van der Waals surface area (Å²) in [5, 5.41) is 15.5. The topological polar surface area (TPSA) is 101 Å². The number of alkyl halides is 3. The average Bonchev–Trinajstić information content (AvgIpc) is 2.79. The second-order valence-electron chi connectivity index (χ2n) is 6.81. The van der Waals surface area contributed by atoms with E-state index in [1.807, 2.05) is 0 Å². The van der Waals surface area contributed by atoms with Crippen LogP contribution in [0.4, 0.5) is 30.2 Å². The van der Waals surface area contributed by atoms with Gasteiger partial charge >= 0.3 is 6.18 Å². The lowest BCUT2D eigenvalue weighted by atomic mass is 10.1. The molecule has 0 saturated carbocycles. The van der Waals surface area contributed by atoms with Crippen molar-refractivity contribution in [3.05, 3.63) is 93.0 Å². The number of nitrogens with zero attached hydrogens (tertiary/aromatic N) is 1. The van der Waals surface area contributed by atoms with Gasteiger partial charge in [-0.3, -0.25) is 19.7 Å². The van der Waals surface area contributed by atoms with E-state index in [1.165, 1.54) is 30.3 Å². The number of thioether (sulfide) groups is 1. The Morgan fingerprint density at radius 2 is 1.62 bits per heavy atom. The Morgan fingerprint density at radius 3 is 2.21 bits per heavy atom. The van der Waals surface area contributed by atoms with Gasteiger partial charge in [-0.05, 0) is 54.6 Å². The number of amides is 2. The van der Waals surface area contributed by atoms with E-state index in [9.17, 15) is 32.9 Å². The molecule has 12 heteroatoms. The van der Waals surface area contributed by atoms with Gasteiger partial charge in [0.15, 0.2) is 0 Å². The van der Waals surface area contributed by atoms with Crippen molar-refractivity contribution in [3.8, 4) is 0 Å². The van der Waals surface area contributed by atoms with Crippen LogP contribution in [0.1, 0.15) is 15.9 Å².